The molecule has 7 heteroatoms. The third-order valence-corrected chi connectivity index (χ3v) is 2.82. The zero-order chi connectivity index (χ0) is 15.5. The largest absolute Gasteiger partial charge is 0.478 e. The van der Waals surface area contributed by atoms with Crippen LogP contribution in [0.25, 0.3) is 0 Å². The van der Waals surface area contributed by atoms with E-state index in [-0.39, 0.29) is 12.1 Å². The van der Waals surface area contributed by atoms with Gasteiger partial charge in [-0.1, -0.05) is 12.1 Å². The van der Waals surface area contributed by atoms with Gasteiger partial charge in [-0.05, 0) is 23.8 Å². The number of carboxylic acid groups (broad SMARTS) is 1. The van der Waals surface area contributed by atoms with E-state index in [0.717, 1.165) is 12.1 Å². The Morgan fingerprint density at radius 1 is 1.19 bits per heavy atom. The molecule has 0 saturated carbocycles. The number of carboxylic acids is 1. The molecule has 0 fully saturated rings. The molecule has 2 rings (SSSR count). The number of benzene rings is 1. The number of rotatable bonds is 4. The lowest BCUT2D eigenvalue weighted by Crippen LogP contribution is -2.08. The second kappa shape index (κ2) is 5.82. The van der Waals surface area contributed by atoms with Crippen LogP contribution in [0.2, 0.25) is 0 Å². The first-order valence-corrected chi connectivity index (χ1v) is 5.95. The first kappa shape index (κ1) is 14.8. The summed E-state index contributed by atoms with van der Waals surface area (Å²) < 4.78 is 37.3. The number of hydrogen-bond acceptors (Lipinski definition) is 3. The maximum atomic E-state index is 12.4. The SMILES string of the molecule is O=C(O)c1cnccc1NCc1ccc(C(F)(F)F)cc1. The molecule has 0 spiro atoms. The van der Waals surface area contributed by atoms with Gasteiger partial charge in [-0.2, -0.15) is 13.2 Å². The van der Waals surface area contributed by atoms with E-state index in [1.807, 2.05) is 0 Å². The Kier molecular flexibility index (Phi) is 4.11. The molecule has 0 saturated heterocycles. The molecule has 0 aliphatic rings. The van der Waals surface area contributed by atoms with Crippen molar-refractivity contribution in [3.63, 3.8) is 0 Å². The highest BCUT2D eigenvalue weighted by atomic mass is 19.4. The van der Waals surface area contributed by atoms with E-state index in [1.165, 1.54) is 30.6 Å². The number of hydrogen-bond donors (Lipinski definition) is 2. The summed E-state index contributed by atoms with van der Waals surface area (Å²) in [5, 5.41) is 11.9. The Morgan fingerprint density at radius 2 is 1.86 bits per heavy atom. The summed E-state index contributed by atoms with van der Waals surface area (Å²) in [6.07, 6.45) is -1.73. The van der Waals surface area contributed by atoms with Crippen LogP contribution in [0.5, 0.6) is 0 Å². The Morgan fingerprint density at radius 3 is 2.43 bits per heavy atom. The summed E-state index contributed by atoms with van der Waals surface area (Å²) in [4.78, 5) is 14.7. The summed E-state index contributed by atoms with van der Waals surface area (Å²) in [6.45, 7) is 0.211. The summed E-state index contributed by atoms with van der Waals surface area (Å²) in [6, 6.07) is 6.16. The Bertz CT molecular complexity index is 639. The molecule has 0 amide bonds. The lowest BCUT2D eigenvalue weighted by atomic mass is 10.1. The van der Waals surface area contributed by atoms with Crippen molar-refractivity contribution >= 4 is 11.7 Å². The Labute approximate surface area is 118 Å². The molecule has 110 valence electrons. The average Bonchev–Trinajstić information content (AvgIpc) is 2.45. The van der Waals surface area contributed by atoms with Gasteiger partial charge < -0.3 is 10.4 Å². The van der Waals surface area contributed by atoms with Gasteiger partial charge in [0.15, 0.2) is 0 Å². The van der Waals surface area contributed by atoms with Crippen molar-refractivity contribution in [2.45, 2.75) is 12.7 Å². The fourth-order valence-corrected chi connectivity index (χ4v) is 1.73. The van der Waals surface area contributed by atoms with Gasteiger partial charge in [0.1, 0.15) is 5.56 Å². The third kappa shape index (κ3) is 3.71. The summed E-state index contributed by atoms with van der Waals surface area (Å²) in [7, 11) is 0. The first-order valence-electron chi connectivity index (χ1n) is 5.95. The van der Waals surface area contributed by atoms with Gasteiger partial charge in [-0.25, -0.2) is 4.79 Å². The van der Waals surface area contributed by atoms with Gasteiger partial charge in [-0.3, -0.25) is 4.98 Å². The number of nitrogens with zero attached hydrogens (tertiary/aromatic N) is 1. The number of aromatic carboxylic acids is 1. The number of anilines is 1. The fourth-order valence-electron chi connectivity index (χ4n) is 1.73. The highest BCUT2D eigenvalue weighted by molar-refractivity contribution is 5.93. The predicted molar refractivity (Wildman–Crippen MR) is 70.0 cm³/mol. The molecule has 2 aromatic rings. The second-order valence-corrected chi connectivity index (χ2v) is 4.27. The van der Waals surface area contributed by atoms with E-state index in [1.54, 1.807) is 0 Å². The van der Waals surface area contributed by atoms with Crippen molar-refractivity contribution < 1.29 is 23.1 Å². The van der Waals surface area contributed by atoms with Crippen LogP contribution in [-0.2, 0) is 12.7 Å². The number of aromatic nitrogens is 1. The van der Waals surface area contributed by atoms with Gasteiger partial charge in [-0.15, -0.1) is 0 Å². The van der Waals surface area contributed by atoms with E-state index < -0.39 is 17.7 Å². The highest BCUT2D eigenvalue weighted by Crippen LogP contribution is 2.29. The summed E-state index contributed by atoms with van der Waals surface area (Å²) in [5.41, 5.74) is 0.249. The number of nitrogens with one attached hydrogen (secondary N) is 1. The van der Waals surface area contributed by atoms with Crippen molar-refractivity contribution in [2.24, 2.45) is 0 Å². The molecule has 0 aliphatic carbocycles. The molecule has 1 heterocycles. The third-order valence-electron chi connectivity index (χ3n) is 2.82. The van der Waals surface area contributed by atoms with Crippen LogP contribution in [0.3, 0.4) is 0 Å². The van der Waals surface area contributed by atoms with E-state index >= 15 is 0 Å². The van der Waals surface area contributed by atoms with Crippen molar-refractivity contribution in [3.8, 4) is 0 Å². The molecule has 1 aromatic heterocycles. The molecule has 0 radical (unpaired) electrons. The molecule has 4 nitrogen and oxygen atoms in total. The summed E-state index contributed by atoms with van der Waals surface area (Å²) in [5.74, 6) is -1.13. The highest BCUT2D eigenvalue weighted by Gasteiger charge is 2.29. The van der Waals surface area contributed by atoms with Gasteiger partial charge in [0, 0.05) is 18.9 Å². The Hall–Kier alpha value is -2.57. The number of alkyl halides is 3. The molecule has 0 aliphatic heterocycles. The number of halogens is 3. The van der Waals surface area contributed by atoms with Crippen LogP contribution in [-0.4, -0.2) is 16.1 Å². The van der Waals surface area contributed by atoms with Crippen LogP contribution in [0.1, 0.15) is 21.5 Å². The standard InChI is InChI=1S/C14H11F3N2O2/c15-14(16,17)10-3-1-9(2-4-10)7-19-12-5-6-18-8-11(12)13(20)21/h1-6,8H,7H2,(H,18,19)(H,20,21). The van der Waals surface area contributed by atoms with Crippen LogP contribution >= 0.6 is 0 Å². The lowest BCUT2D eigenvalue weighted by molar-refractivity contribution is -0.137. The topological polar surface area (TPSA) is 62.2 Å². The van der Waals surface area contributed by atoms with Gasteiger partial charge >= 0.3 is 12.1 Å². The smallest absolute Gasteiger partial charge is 0.416 e. The summed E-state index contributed by atoms with van der Waals surface area (Å²) >= 11 is 0. The van der Waals surface area contributed by atoms with Gasteiger partial charge in [0.2, 0.25) is 0 Å². The minimum absolute atomic E-state index is 0.00408. The molecular weight excluding hydrogens is 285 g/mol. The minimum Gasteiger partial charge on any atom is -0.478 e. The van der Waals surface area contributed by atoms with E-state index in [4.69, 9.17) is 5.11 Å². The van der Waals surface area contributed by atoms with Gasteiger partial charge in [0.05, 0.1) is 11.3 Å². The number of pyridine rings is 1. The molecule has 21 heavy (non-hydrogen) atoms. The van der Waals surface area contributed by atoms with E-state index in [0.29, 0.717) is 11.3 Å². The zero-order valence-corrected chi connectivity index (χ0v) is 10.7. The second-order valence-electron chi connectivity index (χ2n) is 4.27. The first-order chi connectivity index (χ1) is 9.88. The predicted octanol–water partition coefficient (Wildman–Crippen LogP) is 3.41. The average molecular weight is 296 g/mol. The fraction of sp³-hybridized carbons (Fsp3) is 0.143. The maximum Gasteiger partial charge on any atom is 0.416 e. The minimum atomic E-state index is -4.37. The molecule has 0 unspecified atom stereocenters. The van der Waals surface area contributed by atoms with Crippen LogP contribution < -0.4 is 5.32 Å². The molecular formula is C14H11F3N2O2. The lowest BCUT2D eigenvalue weighted by Gasteiger charge is -2.10. The van der Waals surface area contributed by atoms with E-state index in [9.17, 15) is 18.0 Å². The monoisotopic (exact) mass is 296 g/mol. The number of carbonyl (C=O) groups is 1. The van der Waals surface area contributed by atoms with Crippen LogP contribution in [0, 0.1) is 0 Å². The van der Waals surface area contributed by atoms with Crippen molar-refractivity contribution in [1.82, 2.24) is 4.98 Å². The van der Waals surface area contributed by atoms with Crippen molar-refractivity contribution in [1.29, 1.82) is 0 Å². The van der Waals surface area contributed by atoms with Crippen molar-refractivity contribution in [3.05, 3.63) is 59.4 Å². The molecule has 0 bridgehead atoms. The normalized spacial score (nSPS) is 11.2. The Balaban J connectivity index is 2.09. The molecule has 1 aromatic carbocycles. The molecule has 0 atom stereocenters. The van der Waals surface area contributed by atoms with Gasteiger partial charge in [0.25, 0.3) is 0 Å². The van der Waals surface area contributed by atoms with Crippen LogP contribution in [0.15, 0.2) is 42.7 Å². The van der Waals surface area contributed by atoms with E-state index in [2.05, 4.69) is 10.3 Å². The van der Waals surface area contributed by atoms with Crippen LogP contribution in [0.4, 0.5) is 18.9 Å². The molecule has 2 N–H and O–H groups in total. The quantitative estimate of drug-likeness (QED) is 0.907. The van der Waals surface area contributed by atoms with Crippen molar-refractivity contribution in [2.75, 3.05) is 5.32 Å². The zero-order valence-electron chi connectivity index (χ0n) is 10.7. The maximum absolute atomic E-state index is 12.4.